The smallest absolute Gasteiger partial charge is 0.228 e. The van der Waals surface area contributed by atoms with Gasteiger partial charge in [-0.05, 0) is 11.4 Å². The molecule has 1 N–H and O–H groups in total. The number of fused-ring (bicyclic) bond motifs is 1. The van der Waals surface area contributed by atoms with Gasteiger partial charge in [0.15, 0.2) is 0 Å². The average Bonchev–Trinajstić information content (AvgIpc) is 2.66. The number of thioether (sulfide) groups is 1. The van der Waals surface area contributed by atoms with E-state index in [1.54, 1.807) is 42.1 Å². The van der Waals surface area contributed by atoms with Gasteiger partial charge in [0.05, 0.1) is 16.2 Å². The average molecular weight is 243 g/mol. The third kappa shape index (κ3) is 1.91. The summed E-state index contributed by atoms with van der Waals surface area (Å²) >= 11 is 3.29. The van der Waals surface area contributed by atoms with Crippen molar-refractivity contribution in [3.05, 3.63) is 17.0 Å². The highest BCUT2D eigenvalue weighted by Gasteiger charge is 2.35. The van der Waals surface area contributed by atoms with E-state index in [0.29, 0.717) is 5.75 Å². The normalized spacial score (nSPS) is 24.7. The van der Waals surface area contributed by atoms with E-state index in [1.807, 2.05) is 11.4 Å². The molecule has 1 aliphatic heterocycles. The minimum absolute atomic E-state index is 0.00634. The Kier molecular flexibility index (Phi) is 3.04. The van der Waals surface area contributed by atoms with Crippen LogP contribution < -0.4 is 0 Å². The molecule has 0 aromatic carbocycles. The molecule has 0 fully saturated rings. The van der Waals surface area contributed by atoms with E-state index < -0.39 is 6.10 Å². The molecule has 0 spiro atoms. The highest BCUT2D eigenvalue weighted by atomic mass is 32.2. The molecule has 1 aromatic rings. The van der Waals surface area contributed by atoms with Gasteiger partial charge in [0.1, 0.15) is 0 Å². The monoisotopic (exact) mass is 243 g/mol. The van der Waals surface area contributed by atoms with Crippen molar-refractivity contribution in [2.45, 2.75) is 10.3 Å². The number of carbonyl (C=O) groups excluding carboxylic acids is 1. The Bertz CT molecular complexity index is 375. The molecule has 15 heavy (non-hydrogen) atoms. The number of aliphatic hydroxyl groups excluding tert-OH is 1. The first-order valence-corrected chi connectivity index (χ1v) is 6.57. The summed E-state index contributed by atoms with van der Waals surface area (Å²) in [5, 5.41) is 12.0. The van der Waals surface area contributed by atoms with Crippen LogP contribution in [0.2, 0.25) is 0 Å². The molecule has 3 nitrogen and oxygen atoms in total. The number of hydrogen-bond donors (Lipinski definition) is 1. The number of carbonyl (C=O) groups is 1. The zero-order chi connectivity index (χ0) is 11.0. The van der Waals surface area contributed by atoms with Crippen molar-refractivity contribution in [1.82, 2.24) is 4.90 Å². The lowest BCUT2D eigenvalue weighted by Crippen LogP contribution is -2.36. The molecule has 2 rings (SSSR count). The van der Waals surface area contributed by atoms with Crippen LogP contribution in [0.25, 0.3) is 0 Å². The van der Waals surface area contributed by atoms with Crippen molar-refractivity contribution in [1.29, 1.82) is 0 Å². The summed E-state index contributed by atoms with van der Waals surface area (Å²) < 4.78 is 1.14. The van der Waals surface area contributed by atoms with Gasteiger partial charge >= 0.3 is 0 Å². The first-order valence-electron chi connectivity index (χ1n) is 4.70. The Morgan fingerprint density at radius 2 is 2.33 bits per heavy atom. The Morgan fingerprint density at radius 1 is 1.60 bits per heavy atom. The summed E-state index contributed by atoms with van der Waals surface area (Å²) in [7, 11) is 3.45. The molecule has 1 aromatic heterocycles. The number of thiophene rings is 1. The first-order chi connectivity index (χ1) is 7.11. The number of nitrogens with zero attached hydrogens (tertiary/aromatic N) is 1. The number of aliphatic hydroxyl groups is 1. The minimum atomic E-state index is -0.637. The molecule has 5 heteroatoms. The summed E-state index contributed by atoms with van der Waals surface area (Å²) in [5.74, 6) is 0.380. The van der Waals surface area contributed by atoms with E-state index in [2.05, 4.69) is 0 Å². The van der Waals surface area contributed by atoms with Crippen LogP contribution in [0.3, 0.4) is 0 Å². The minimum Gasteiger partial charge on any atom is -0.387 e. The van der Waals surface area contributed by atoms with Gasteiger partial charge < -0.3 is 10.0 Å². The number of hydrogen-bond acceptors (Lipinski definition) is 4. The summed E-state index contributed by atoms with van der Waals surface area (Å²) in [4.78, 5) is 13.3. The third-order valence-corrected chi connectivity index (χ3v) is 4.90. The van der Waals surface area contributed by atoms with Crippen LogP contribution in [0.15, 0.2) is 15.7 Å². The Hall–Kier alpha value is -0.520. The summed E-state index contributed by atoms with van der Waals surface area (Å²) in [5.41, 5.74) is 0.913. The summed E-state index contributed by atoms with van der Waals surface area (Å²) in [6.07, 6.45) is -0.637. The fourth-order valence-corrected chi connectivity index (χ4v) is 3.97. The Labute approximate surface area is 97.1 Å². The van der Waals surface area contributed by atoms with E-state index in [-0.39, 0.29) is 11.8 Å². The zero-order valence-corrected chi connectivity index (χ0v) is 10.3. The maximum Gasteiger partial charge on any atom is 0.228 e. The fourth-order valence-electron chi connectivity index (χ4n) is 1.65. The van der Waals surface area contributed by atoms with Crippen molar-refractivity contribution in [2.75, 3.05) is 19.8 Å². The molecule has 0 bridgehead atoms. The lowest BCUT2D eigenvalue weighted by Gasteiger charge is -2.28. The predicted octanol–water partition coefficient (Wildman–Crippen LogP) is 1.59. The molecule has 0 saturated carbocycles. The van der Waals surface area contributed by atoms with E-state index in [1.165, 1.54) is 0 Å². The SMILES string of the molecule is CN(C)C(=O)C1CSc2sccc2C1O. The van der Waals surface area contributed by atoms with Crippen LogP contribution in [0.5, 0.6) is 0 Å². The van der Waals surface area contributed by atoms with E-state index in [0.717, 1.165) is 9.77 Å². The maximum absolute atomic E-state index is 11.8. The quantitative estimate of drug-likeness (QED) is 0.814. The number of rotatable bonds is 1. The van der Waals surface area contributed by atoms with Crippen LogP contribution in [0, 0.1) is 5.92 Å². The molecule has 1 amide bonds. The predicted molar refractivity (Wildman–Crippen MR) is 62.2 cm³/mol. The van der Waals surface area contributed by atoms with Gasteiger partial charge in [-0.3, -0.25) is 4.79 Å². The van der Waals surface area contributed by atoms with Gasteiger partial charge in [0, 0.05) is 25.4 Å². The van der Waals surface area contributed by atoms with Crippen LogP contribution in [-0.2, 0) is 4.79 Å². The molecule has 82 valence electrons. The van der Waals surface area contributed by atoms with Crippen molar-refractivity contribution < 1.29 is 9.90 Å². The van der Waals surface area contributed by atoms with Gasteiger partial charge in [-0.25, -0.2) is 0 Å². The van der Waals surface area contributed by atoms with Gasteiger partial charge in [0.2, 0.25) is 5.91 Å². The van der Waals surface area contributed by atoms with E-state index in [9.17, 15) is 9.90 Å². The lowest BCUT2D eigenvalue weighted by molar-refractivity contribution is -0.135. The molecule has 0 radical (unpaired) electrons. The van der Waals surface area contributed by atoms with Crippen molar-refractivity contribution in [3.8, 4) is 0 Å². The van der Waals surface area contributed by atoms with Crippen LogP contribution in [0.1, 0.15) is 11.7 Å². The molecule has 2 unspecified atom stereocenters. The molecular weight excluding hydrogens is 230 g/mol. The highest BCUT2D eigenvalue weighted by molar-refractivity contribution is 8.01. The first kappa shape index (κ1) is 11.0. The zero-order valence-electron chi connectivity index (χ0n) is 8.64. The topological polar surface area (TPSA) is 40.5 Å². The summed E-state index contributed by atoms with van der Waals surface area (Å²) in [6, 6.07) is 1.91. The molecule has 0 saturated heterocycles. The van der Waals surface area contributed by atoms with E-state index >= 15 is 0 Å². The lowest BCUT2D eigenvalue weighted by atomic mass is 9.98. The third-order valence-electron chi connectivity index (χ3n) is 2.51. The standard InChI is InChI=1S/C10H13NO2S2/c1-11(2)9(13)7-5-15-10-6(8(7)12)3-4-14-10/h3-4,7-8,12H,5H2,1-2H3. The van der Waals surface area contributed by atoms with Gasteiger partial charge in [-0.15, -0.1) is 23.1 Å². The fraction of sp³-hybridized carbons (Fsp3) is 0.500. The van der Waals surface area contributed by atoms with E-state index in [4.69, 9.17) is 0 Å². The van der Waals surface area contributed by atoms with Crippen molar-refractivity contribution in [3.63, 3.8) is 0 Å². The molecular formula is C10H13NO2S2. The second-order valence-electron chi connectivity index (χ2n) is 3.76. The van der Waals surface area contributed by atoms with Gasteiger partial charge in [-0.1, -0.05) is 0 Å². The number of amides is 1. The van der Waals surface area contributed by atoms with Crippen LogP contribution >= 0.6 is 23.1 Å². The molecule has 1 aliphatic rings. The molecule has 2 heterocycles. The molecule has 0 aliphatic carbocycles. The van der Waals surface area contributed by atoms with Crippen molar-refractivity contribution >= 4 is 29.0 Å². The summed E-state index contributed by atoms with van der Waals surface area (Å²) in [6.45, 7) is 0. The maximum atomic E-state index is 11.8. The molecule has 2 atom stereocenters. The highest BCUT2D eigenvalue weighted by Crippen LogP contribution is 2.43. The Morgan fingerprint density at radius 3 is 3.00 bits per heavy atom. The second-order valence-corrected chi connectivity index (χ2v) is 5.96. The van der Waals surface area contributed by atoms with Crippen LogP contribution in [-0.4, -0.2) is 35.8 Å². The van der Waals surface area contributed by atoms with Crippen LogP contribution in [0.4, 0.5) is 0 Å². The van der Waals surface area contributed by atoms with Gasteiger partial charge in [0.25, 0.3) is 0 Å². The largest absolute Gasteiger partial charge is 0.387 e. The second kappa shape index (κ2) is 4.15. The Balaban J connectivity index is 2.23. The van der Waals surface area contributed by atoms with Crippen molar-refractivity contribution in [2.24, 2.45) is 5.92 Å². The van der Waals surface area contributed by atoms with Gasteiger partial charge in [-0.2, -0.15) is 0 Å².